The van der Waals surface area contributed by atoms with Crippen molar-refractivity contribution in [2.75, 3.05) is 13.2 Å². The van der Waals surface area contributed by atoms with Gasteiger partial charge in [0, 0.05) is 29.4 Å². The number of ether oxygens (including phenoxy) is 1. The zero-order valence-electron chi connectivity index (χ0n) is 21.2. The summed E-state index contributed by atoms with van der Waals surface area (Å²) < 4.78 is 4.83. The third kappa shape index (κ3) is 10.2. The van der Waals surface area contributed by atoms with E-state index in [0.717, 1.165) is 13.2 Å². The fourth-order valence-electron chi connectivity index (χ4n) is 3.68. The summed E-state index contributed by atoms with van der Waals surface area (Å²) in [5, 5.41) is 6.03. The van der Waals surface area contributed by atoms with Gasteiger partial charge in [-0.05, 0) is 25.7 Å². The topological polar surface area (TPSA) is 23.3 Å². The minimum absolute atomic E-state index is 0. The summed E-state index contributed by atoms with van der Waals surface area (Å²) in [6.45, 7) is 29.7. The van der Waals surface area contributed by atoms with Gasteiger partial charge in [-0.15, -0.1) is 11.0 Å². The van der Waals surface area contributed by atoms with E-state index >= 15 is 0 Å². The van der Waals surface area contributed by atoms with E-state index in [0.29, 0.717) is 17.1 Å². The third-order valence-corrected chi connectivity index (χ3v) is 13.4. The van der Waals surface area contributed by atoms with Gasteiger partial charge in [-0.1, -0.05) is 96.3 Å². The molecule has 28 heavy (non-hydrogen) atoms. The zero-order valence-corrected chi connectivity index (χ0v) is 23.2. The molecular weight excluding hydrogens is 369 g/mol. The van der Waals surface area contributed by atoms with Crippen molar-refractivity contribution < 1.29 is 23.6 Å². The second kappa shape index (κ2) is 13.3. The van der Waals surface area contributed by atoms with Gasteiger partial charge >= 0.3 is 18.9 Å². The van der Waals surface area contributed by atoms with Gasteiger partial charge in [-0.25, -0.2) is 0 Å². The van der Waals surface area contributed by atoms with Gasteiger partial charge in [-0.2, -0.15) is 0 Å². The monoisotopic (exact) mass is 415 g/mol. The molecule has 1 rings (SSSR count). The van der Waals surface area contributed by atoms with Crippen molar-refractivity contribution in [3.63, 3.8) is 0 Å². The molecule has 0 heterocycles. The first-order valence-electron chi connectivity index (χ1n) is 10.7. The molecule has 0 saturated carbocycles. The molecule has 0 amide bonds. The molecule has 2 nitrogen and oxygen atoms in total. The van der Waals surface area contributed by atoms with E-state index in [1.54, 1.807) is 0 Å². The zero-order chi connectivity index (χ0) is 21.4. The molecule has 1 aromatic rings. The van der Waals surface area contributed by atoms with Crippen LogP contribution < -0.4 is 18.9 Å². The van der Waals surface area contributed by atoms with E-state index in [9.17, 15) is 0 Å². The van der Waals surface area contributed by atoms with Crippen molar-refractivity contribution in [1.29, 1.82) is 0 Å². The molecule has 0 radical (unpaired) electrons. The molecule has 0 aliphatic heterocycles. The molecule has 0 spiro atoms. The maximum Gasteiger partial charge on any atom is 1.00 e. The first kappa shape index (κ1) is 30.2. The standard InChI is InChI=1S/C19H36NSi2.C4H10O.Li/c1-14(2)16-12-11-13-17(15(3)4)18(16)20-19(21(5,6)7)22(8,9)10;1-3-5-4-2;/h11-15,19H,1-10H3;3-4H2,1-2H3;/q-1;;+1. The Hall–Kier alpha value is 0.0112. The Morgan fingerprint density at radius 3 is 1.36 bits per heavy atom. The van der Waals surface area contributed by atoms with Gasteiger partial charge in [0.2, 0.25) is 0 Å². The number of nitrogens with zero attached hydrogens (tertiary/aromatic N) is 1. The molecule has 5 heteroatoms. The Labute approximate surface area is 190 Å². The van der Waals surface area contributed by atoms with Gasteiger partial charge in [0.15, 0.2) is 0 Å². The van der Waals surface area contributed by atoms with Crippen molar-refractivity contribution in [2.24, 2.45) is 0 Å². The summed E-state index contributed by atoms with van der Waals surface area (Å²) in [5.41, 5.74) is 4.16. The molecule has 0 aliphatic carbocycles. The van der Waals surface area contributed by atoms with Crippen molar-refractivity contribution in [3.05, 3.63) is 34.6 Å². The number of para-hydroxylation sites is 1. The maximum atomic E-state index is 5.47. The van der Waals surface area contributed by atoms with Gasteiger partial charge in [0.25, 0.3) is 0 Å². The summed E-state index contributed by atoms with van der Waals surface area (Å²) in [7, 11) is -2.65. The van der Waals surface area contributed by atoms with Crippen LogP contribution in [0.2, 0.25) is 39.3 Å². The first-order chi connectivity index (χ1) is 12.3. The van der Waals surface area contributed by atoms with Crippen LogP contribution in [-0.2, 0) is 4.74 Å². The predicted molar refractivity (Wildman–Crippen MR) is 130 cm³/mol. The van der Waals surface area contributed by atoms with Crippen molar-refractivity contribution in [1.82, 2.24) is 0 Å². The predicted octanol–water partition coefficient (Wildman–Crippen LogP) is 5.11. The van der Waals surface area contributed by atoms with Crippen molar-refractivity contribution in [2.45, 2.75) is 97.9 Å². The SMILES string of the molecule is CC(C)c1cccc(C(C)C)c1[N-]C([Si](C)(C)C)[Si](C)(C)C.CCOCC.[Li+]. The van der Waals surface area contributed by atoms with Crippen LogP contribution in [0.15, 0.2) is 18.2 Å². The van der Waals surface area contributed by atoms with E-state index in [-0.39, 0.29) is 18.9 Å². The Bertz CT molecular complexity index is 506. The fourth-order valence-corrected chi connectivity index (χ4v) is 15.1. The second-order valence-electron chi connectivity index (χ2n) is 10.1. The molecule has 0 N–H and O–H groups in total. The molecule has 0 unspecified atom stereocenters. The van der Waals surface area contributed by atoms with Crippen LogP contribution in [0, 0.1) is 0 Å². The van der Waals surface area contributed by atoms with E-state index in [4.69, 9.17) is 10.1 Å². The van der Waals surface area contributed by atoms with Crippen molar-refractivity contribution >= 4 is 21.8 Å². The first-order valence-corrected chi connectivity index (χ1v) is 17.8. The fraction of sp³-hybridized carbons (Fsp3) is 0.739. The minimum Gasteiger partial charge on any atom is -0.686 e. The van der Waals surface area contributed by atoms with E-state index in [2.05, 4.69) is 85.2 Å². The molecule has 0 atom stereocenters. The van der Waals surface area contributed by atoms with Crippen LogP contribution in [0.5, 0.6) is 0 Å². The van der Waals surface area contributed by atoms with Crippen LogP contribution in [0.3, 0.4) is 0 Å². The normalized spacial score (nSPS) is 12.0. The second-order valence-corrected chi connectivity index (χ2v) is 21.3. The smallest absolute Gasteiger partial charge is 0.686 e. The van der Waals surface area contributed by atoms with Crippen LogP contribution in [0.4, 0.5) is 5.69 Å². The summed E-state index contributed by atoms with van der Waals surface area (Å²) >= 11 is 0. The van der Waals surface area contributed by atoms with Gasteiger partial charge in [0.05, 0.1) is 0 Å². The van der Waals surface area contributed by atoms with Gasteiger partial charge in [0.1, 0.15) is 0 Å². The number of hydrogen-bond donors (Lipinski definition) is 0. The molecule has 0 aromatic heterocycles. The van der Waals surface area contributed by atoms with E-state index < -0.39 is 16.1 Å². The van der Waals surface area contributed by atoms with Crippen LogP contribution in [0.25, 0.3) is 5.32 Å². The summed E-state index contributed by atoms with van der Waals surface area (Å²) in [4.78, 5) is 0. The molecule has 0 bridgehead atoms. The van der Waals surface area contributed by atoms with Crippen LogP contribution in [0.1, 0.15) is 64.5 Å². The Morgan fingerprint density at radius 1 is 0.786 bits per heavy atom. The summed E-state index contributed by atoms with van der Waals surface area (Å²) in [6, 6.07) is 6.77. The number of rotatable bonds is 8. The minimum atomic E-state index is -1.33. The molecule has 1 aromatic carbocycles. The van der Waals surface area contributed by atoms with E-state index in [1.165, 1.54) is 16.8 Å². The number of benzene rings is 1. The molecule has 0 aliphatic rings. The Morgan fingerprint density at radius 2 is 1.14 bits per heavy atom. The van der Waals surface area contributed by atoms with Crippen molar-refractivity contribution in [3.8, 4) is 0 Å². The van der Waals surface area contributed by atoms with Gasteiger partial charge in [-0.3, -0.25) is 0 Å². The molecule has 158 valence electrons. The van der Waals surface area contributed by atoms with E-state index in [1.807, 2.05) is 13.8 Å². The van der Waals surface area contributed by atoms with Crippen LogP contribution >= 0.6 is 0 Å². The average molecular weight is 416 g/mol. The summed E-state index contributed by atoms with van der Waals surface area (Å²) in [6.07, 6.45) is 0. The molecule has 0 saturated heterocycles. The summed E-state index contributed by atoms with van der Waals surface area (Å²) in [5.74, 6) is 1.06. The molecular formula is C23H46LiNOSi2. The third-order valence-electron chi connectivity index (χ3n) is 4.65. The Kier molecular flexibility index (Phi) is 14.4. The van der Waals surface area contributed by atoms with Gasteiger partial charge < -0.3 is 10.1 Å². The number of hydrogen-bond acceptors (Lipinski definition) is 1. The Balaban J connectivity index is 0. The van der Waals surface area contributed by atoms with Crippen LogP contribution in [-0.4, -0.2) is 34.6 Å². The molecule has 0 fully saturated rings. The maximum absolute atomic E-state index is 5.47. The quantitative estimate of drug-likeness (QED) is 0.541. The average Bonchev–Trinajstić information content (AvgIpc) is 2.51. The largest absolute Gasteiger partial charge is 1.00 e.